The summed E-state index contributed by atoms with van der Waals surface area (Å²) in [5.74, 6) is -0.668. The highest BCUT2D eigenvalue weighted by Gasteiger charge is 2.29. The molecule has 1 aromatic rings. The molecule has 5 nitrogen and oxygen atoms in total. The van der Waals surface area contributed by atoms with Gasteiger partial charge < -0.3 is 10.8 Å². The zero-order valence-electron chi connectivity index (χ0n) is 10.3. The van der Waals surface area contributed by atoms with Crippen molar-refractivity contribution in [1.29, 1.82) is 0 Å². The SMILES string of the molecule is Nc1ccc(F)cc1S(=O)(=O)N[C@H]1CCCC[C@@H]1O. The van der Waals surface area contributed by atoms with E-state index >= 15 is 0 Å². The van der Waals surface area contributed by atoms with Crippen molar-refractivity contribution in [2.24, 2.45) is 0 Å². The Hall–Kier alpha value is -1.18. The Morgan fingerprint density at radius 3 is 2.68 bits per heavy atom. The average molecular weight is 288 g/mol. The molecule has 0 amide bonds. The Balaban J connectivity index is 2.24. The lowest BCUT2D eigenvalue weighted by Crippen LogP contribution is -2.45. The number of anilines is 1. The molecule has 1 aliphatic rings. The van der Waals surface area contributed by atoms with Crippen LogP contribution in [-0.2, 0) is 10.0 Å². The second kappa shape index (κ2) is 5.44. The molecule has 106 valence electrons. The van der Waals surface area contributed by atoms with Crippen LogP contribution in [0.5, 0.6) is 0 Å². The Kier molecular flexibility index (Phi) is 4.07. The first-order valence-electron chi connectivity index (χ1n) is 6.15. The van der Waals surface area contributed by atoms with Crippen LogP contribution in [0, 0.1) is 5.82 Å². The van der Waals surface area contributed by atoms with Gasteiger partial charge in [-0.15, -0.1) is 0 Å². The molecule has 0 unspecified atom stereocenters. The van der Waals surface area contributed by atoms with Crippen LogP contribution in [0.1, 0.15) is 25.7 Å². The van der Waals surface area contributed by atoms with E-state index in [4.69, 9.17) is 5.73 Å². The number of nitrogens with two attached hydrogens (primary N) is 1. The van der Waals surface area contributed by atoms with Crippen LogP contribution in [0.15, 0.2) is 23.1 Å². The zero-order valence-corrected chi connectivity index (χ0v) is 11.2. The summed E-state index contributed by atoms with van der Waals surface area (Å²) in [6.45, 7) is 0. The Bertz CT molecular complexity index is 562. The average Bonchev–Trinajstić information content (AvgIpc) is 2.35. The molecule has 19 heavy (non-hydrogen) atoms. The highest BCUT2D eigenvalue weighted by molar-refractivity contribution is 7.89. The summed E-state index contributed by atoms with van der Waals surface area (Å²) in [4.78, 5) is -0.287. The summed E-state index contributed by atoms with van der Waals surface area (Å²) in [5.41, 5.74) is 5.55. The standard InChI is InChI=1S/C12H17FN2O3S/c13-8-5-6-9(14)12(7-8)19(17,18)15-10-3-1-2-4-11(10)16/h5-7,10-11,15-16H,1-4,14H2/t10-,11-/m0/s1. The molecule has 1 aliphatic carbocycles. The van der Waals surface area contributed by atoms with Gasteiger partial charge in [0, 0.05) is 6.04 Å². The van der Waals surface area contributed by atoms with Crippen molar-refractivity contribution in [1.82, 2.24) is 4.72 Å². The van der Waals surface area contributed by atoms with Crippen molar-refractivity contribution in [2.75, 3.05) is 5.73 Å². The maximum Gasteiger partial charge on any atom is 0.243 e. The number of nitrogens with one attached hydrogen (secondary N) is 1. The molecule has 1 aromatic carbocycles. The number of benzene rings is 1. The Morgan fingerprint density at radius 1 is 1.32 bits per heavy atom. The van der Waals surface area contributed by atoms with Crippen LogP contribution in [-0.4, -0.2) is 25.7 Å². The summed E-state index contributed by atoms with van der Waals surface area (Å²) >= 11 is 0. The van der Waals surface area contributed by atoms with E-state index in [0.29, 0.717) is 12.8 Å². The zero-order chi connectivity index (χ0) is 14.0. The summed E-state index contributed by atoms with van der Waals surface area (Å²) in [7, 11) is -3.92. The van der Waals surface area contributed by atoms with E-state index in [1.54, 1.807) is 0 Å². The van der Waals surface area contributed by atoms with Crippen LogP contribution in [0.3, 0.4) is 0 Å². The molecule has 0 saturated heterocycles. The molecule has 1 saturated carbocycles. The van der Waals surface area contributed by atoms with Gasteiger partial charge in [-0.1, -0.05) is 12.8 Å². The van der Waals surface area contributed by atoms with E-state index in [-0.39, 0.29) is 10.6 Å². The van der Waals surface area contributed by atoms with Gasteiger partial charge in [-0.3, -0.25) is 0 Å². The van der Waals surface area contributed by atoms with Crippen molar-refractivity contribution < 1.29 is 17.9 Å². The fourth-order valence-electron chi connectivity index (χ4n) is 2.25. The van der Waals surface area contributed by atoms with E-state index in [9.17, 15) is 17.9 Å². The van der Waals surface area contributed by atoms with Crippen molar-refractivity contribution >= 4 is 15.7 Å². The molecule has 1 fully saturated rings. The highest BCUT2D eigenvalue weighted by atomic mass is 32.2. The molecular formula is C12H17FN2O3S. The molecule has 0 aliphatic heterocycles. The first-order valence-corrected chi connectivity index (χ1v) is 7.64. The van der Waals surface area contributed by atoms with Crippen LogP contribution in [0.25, 0.3) is 0 Å². The second-order valence-electron chi connectivity index (χ2n) is 4.76. The minimum Gasteiger partial charge on any atom is -0.398 e. The molecule has 7 heteroatoms. The first-order chi connectivity index (χ1) is 8.90. The molecule has 2 rings (SSSR count). The summed E-state index contributed by atoms with van der Waals surface area (Å²) in [6, 6.07) is 2.65. The van der Waals surface area contributed by atoms with Gasteiger partial charge in [-0.05, 0) is 31.0 Å². The lowest BCUT2D eigenvalue weighted by molar-refractivity contribution is 0.101. The minimum absolute atomic E-state index is 0.0146. The van der Waals surface area contributed by atoms with Gasteiger partial charge in [-0.25, -0.2) is 17.5 Å². The summed E-state index contributed by atoms with van der Waals surface area (Å²) < 4.78 is 39.8. The molecule has 0 aromatic heterocycles. The third kappa shape index (κ3) is 3.23. The lowest BCUT2D eigenvalue weighted by atomic mass is 9.93. The maximum atomic E-state index is 13.1. The van der Waals surface area contributed by atoms with Gasteiger partial charge in [0.2, 0.25) is 10.0 Å². The third-order valence-electron chi connectivity index (χ3n) is 3.30. The topological polar surface area (TPSA) is 92.4 Å². The molecule has 0 heterocycles. The van der Waals surface area contributed by atoms with Gasteiger partial charge in [0.1, 0.15) is 10.7 Å². The Labute approximate surface area is 111 Å². The molecule has 2 atom stereocenters. The number of hydrogen-bond donors (Lipinski definition) is 3. The number of aliphatic hydroxyl groups excluding tert-OH is 1. The largest absolute Gasteiger partial charge is 0.398 e. The van der Waals surface area contributed by atoms with Crippen molar-refractivity contribution in [3.05, 3.63) is 24.0 Å². The van der Waals surface area contributed by atoms with E-state index in [2.05, 4.69) is 4.72 Å². The van der Waals surface area contributed by atoms with E-state index < -0.39 is 28.0 Å². The van der Waals surface area contributed by atoms with Gasteiger partial charge in [0.25, 0.3) is 0 Å². The molecule has 0 bridgehead atoms. The van der Waals surface area contributed by atoms with Crippen molar-refractivity contribution in [2.45, 2.75) is 42.7 Å². The summed E-state index contributed by atoms with van der Waals surface area (Å²) in [6.07, 6.45) is 2.14. The predicted molar refractivity (Wildman–Crippen MR) is 69.4 cm³/mol. The van der Waals surface area contributed by atoms with Crippen LogP contribution in [0.2, 0.25) is 0 Å². The number of aliphatic hydroxyl groups is 1. The normalized spacial score (nSPS) is 24.3. The van der Waals surface area contributed by atoms with E-state index in [1.165, 1.54) is 6.07 Å². The second-order valence-corrected chi connectivity index (χ2v) is 6.44. The third-order valence-corrected chi connectivity index (χ3v) is 4.85. The molecule has 4 N–H and O–H groups in total. The number of rotatable bonds is 3. The number of halogens is 1. The fourth-order valence-corrected chi connectivity index (χ4v) is 3.70. The fraction of sp³-hybridized carbons (Fsp3) is 0.500. The van der Waals surface area contributed by atoms with Crippen LogP contribution >= 0.6 is 0 Å². The van der Waals surface area contributed by atoms with Crippen LogP contribution < -0.4 is 10.5 Å². The van der Waals surface area contributed by atoms with Crippen LogP contribution in [0.4, 0.5) is 10.1 Å². The van der Waals surface area contributed by atoms with Crippen molar-refractivity contribution in [3.8, 4) is 0 Å². The Morgan fingerprint density at radius 2 is 2.00 bits per heavy atom. The molecule has 0 spiro atoms. The molecular weight excluding hydrogens is 271 g/mol. The van der Waals surface area contributed by atoms with Gasteiger partial charge >= 0.3 is 0 Å². The smallest absolute Gasteiger partial charge is 0.243 e. The van der Waals surface area contributed by atoms with Gasteiger partial charge in [0.15, 0.2) is 0 Å². The highest BCUT2D eigenvalue weighted by Crippen LogP contribution is 2.23. The van der Waals surface area contributed by atoms with Gasteiger partial charge in [0.05, 0.1) is 11.8 Å². The number of sulfonamides is 1. The maximum absolute atomic E-state index is 13.1. The van der Waals surface area contributed by atoms with Crippen molar-refractivity contribution in [3.63, 3.8) is 0 Å². The monoisotopic (exact) mass is 288 g/mol. The first kappa shape index (κ1) is 14.2. The molecule has 0 radical (unpaired) electrons. The number of nitrogen functional groups attached to an aromatic ring is 1. The van der Waals surface area contributed by atoms with Gasteiger partial charge in [-0.2, -0.15) is 0 Å². The summed E-state index contributed by atoms with van der Waals surface area (Å²) in [5, 5.41) is 9.77. The number of hydrogen-bond acceptors (Lipinski definition) is 4. The van der Waals surface area contributed by atoms with E-state index in [1.807, 2.05) is 0 Å². The minimum atomic E-state index is -3.92. The predicted octanol–water partition coefficient (Wildman–Crippen LogP) is 0.990. The lowest BCUT2D eigenvalue weighted by Gasteiger charge is -2.28. The van der Waals surface area contributed by atoms with E-state index in [0.717, 1.165) is 25.0 Å². The quantitative estimate of drug-likeness (QED) is 0.723.